The first-order valence-electron chi connectivity index (χ1n) is 7.78. The minimum Gasteiger partial charge on any atom is -0.312 e. The van der Waals surface area contributed by atoms with Crippen molar-refractivity contribution < 1.29 is 0 Å². The molecule has 0 aromatic heterocycles. The molecule has 2 nitrogen and oxygen atoms in total. The summed E-state index contributed by atoms with van der Waals surface area (Å²) in [6.45, 7) is 7.75. The highest BCUT2D eigenvalue weighted by molar-refractivity contribution is 4.91. The third-order valence-corrected chi connectivity index (χ3v) is 5.24. The molecule has 0 spiro atoms. The molecule has 0 aromatic rings. The summed E-state index contributed by atoms with van der Waals surface area (Å²) in [5, 5.41) is 3.77. The number of hydrogen-bond donors (Lipinski definition) is 1. The smallest absolute Gasteiger partial charge is 0.0223 e. The molecule has 2 aliphatic carbocycles. The predicted molar refractivity (Wildman–Crippen MR) is 72.1 cm³/mol. The van der Waals surface area contributed by atoms with E-state index in [1.54, 1.807) is 0 Å². The maximum Gasteiger partial charge on any atom is 0.0223 e. The minimum atomic E-state index is 0.814. The van der Waals surface area contributed by atoms with E-state index < -0.39 is 0 Å². The molecule has 1 N–H and O–H groups in total. The molecule has 17 heavy (non-hydrogen) atoms. The molecule has 0 amide bonds. The third-order valence-electron chi connectivity index (χ3n) is 5.24. The van der Waals surface area contributed by atoms with Crippen LogP contribution in [0.3, 0.4) is 0 Å². The van der Waals surface area contributed by atoms with Gasteiger partial charge in [-0.25, -0.2) is 0 Å². The van der Waals surface area contributed by atoms with Crippen molar-refractivity contribution in [1.82, 2.24) is 10.2 Å². The lowest BCUT2D eigenvalue weighted by atomic mass is 9.97. The van der Waals surface area contributed by atoms with Gasteiger partial charge >= 0.3 is 0 Å². The van der Waals surface area contributed by atoms with Gasteiger partial charge in [0.1, 0.15) is 0 Å². The van der Waals surface area contributed by atoms with Gasteiger partial charge in [0.05, 0.1) is 0 Å². The Balaban J connectivity index is 1.53. The number of nitrogens with one attached hydrogen (secondary N) is 1. The van der Waals surface area contributed by atoms with E-state index in [0.717, 1.165) is 23.8 Å². The Hall–Kier alpha value is -0.0800. The second-order valence-corrected chi connectivity index (χ2v) is 6.68. The Labute approximate surface area is 106 Å². The van der Waals surface area contributed by atoms with E-state index in [4.69, 9.17) is 0 Å². The molecule has 0 radical (unpaired) electrons. The summed E-state index contributed by atoms with van der Waals surface area (Å²) in [6.07, 6.45) is 8.74. The maximum atomic E-state index is 3.77. The summed E-state index contributed by atoms with van der Waals surface area (Å²) in [5.74, 6) is 2.98. The van der Waals surface area contributed by atoms with Crippen LogP contribution < -0.4 is 5.32 Å². The van der Waals surface area contributed by atoms with Crippen molar-refractivity contribution in [2.75, 3.05) is 26.2 Å². The van der Waals surface area contributed by atoms with Gasteiger partial charge in [-0.1, -0.05) is 19.8 Å². The summed E-state index contributed by atoms with van der Waals surface area (Å²) in [6, 6.07) is 0.814. The van der Waals surface area contributed by atoms with E-state index in [0.29, 0.717) is 0 Å². The second kappa shape index (κ2) is 5.27. The Morgan fingerprint density at radius 2 is 2.00 bits per heavy atom. The van der Waals surface area contributed by atoms with Crippen molar-refractivity contribution in [2.24, 2.45) is 17.8 Å². The number of nitrogens with zero attached hydrogens (tertiary/aromatic N) is 1. The van der Waals surface area contributed by atoms with Crippen LogP contribution in [0.15, 0.2) is 0 Å². The van der Waals surface area contributed by atoms with E-state index in [1.165, 1.54) is 64.7 Å². The molecule has 0 aromatic carbocycles. The highest BCUT2D eigenvalue weighted by Gasteiger charge is 2.34. The molecular weight excluding hydrogens is 208 g/mol. The predicted octanol–water partition coefficient (Wildman–Crippen LogP) is 2.50. The molecule has 3 rings (SSSR count). The fraction of sp³-hybridized carbons (Fsp3) is 1.00. The summed E-state index contributed by atoms with van der Waals surface area (Å²) in [4.78, 5) is 2.77. The molecule has 1 heterocycles. The molecule has 2 saturated carbocycles. The van der Waals surface area contributed by atoms with E-state index in [2.05, 4.69) is 17.1 Å². The molecule has 1 aliphatic heterocycles. The Morgan fingerprint density at radius 1 is 1.12 bits per heavy atom. The topological polar surface area (TPSA) is 15.3 Å². The molecule has 98 valence electrons. The van der Waals surface area contributed by atoms with E-state index in [9.17, 15) is 0 Å². The monoisotopic (exact) mass is 236 g/mol. The van der Waals surface area contributed by atoms with Crippen molar-refractivity contribution in [3.63, 3.8) is 0 Å². The molecule has 3 fully saturated rings. The Bertz CT molecular complexity index is 249. The van der Waals surface area contributed by atoms with Gasteiger partial charge in [0.15, 0.2) is 0 Å². The third kappa shape index (κ3) is 3.03. The zero-order valence-electron chi connectivity index (χ0n) is 11.3. The second-order valence-electron chi connectivity index (χ2n) is 6.68. The van der Waals surface area contributed by atoms with Gasteiger partial charge in [-0.2, -0.15) is 0 Å². The van der Waals surface area contributed by atoms with Gasteiger partial charge in [0, 0.05) is 19.1 Å². The SMILES string of the molecule is CC1CCCC1CN1CCCNC(C2CC2)C1. The van der Waals surface area contributed by atoms with Crippen molar-refractivity contribution in [3.05, 3.63) is 0 Å². The van der Waals surface area contributed by atoms with Gasteiger partial charge in [-0.15, -0.1) is 0 Å². The highest BCUT2D eigenvalue weighted by atomic mass is 15.2. The lowest BCUT2D eigenvalue weighted by Gasteiger charge is -2.28. The van der Waals surface area contributed by atoms with E-state index in [-0.39, 0.29) is 0 Å². The van der Waals surface area contributed by atoms with E-state index in [1.807, 2.05) is 0 Å². The van der Waals surface area contributed by atoms with Crippen LogP contribution in [0.4, 0.5) is 0 Å². The van der Waals surface area contributed by atoms with Crippen LogP contribution >= 0.6 is 0 Å². The van der Waals surface area contributed by atoms with Crippen LogP contribution in [0.25, 0.3) is 0 Å². The summed E-state index contributed by atoms with van der Waals surface area (Å²) < 4.78 is 0. The summed E-state index contributed by atoms with van der Waals surface area (Å²) in [5.41, 5.74) is 0. The lowest BCUT2D eigenvalue weighted by molar-refractivity contribution is 0.202. The van der Waals surface area contributed by atoms with Crippen LogP contribution in [0.1, 0.15) is 45.4 Å². The first-order chi connectivity index (χ1) is 8.33. The molecule has 3 aliphatic rings. The van der Waals surface area contributed by atoms with Gasteiger partial charge in [-0.3, -0.25) is 0 Å². The normalized spacial score (nSPS) is 40.4. The fourth-order valence-corrected chi connectivity index (χ4v) is 3.83. The first kappa shape index (κ1) is 12.0. The molecular formula is C15H28N2. The minimum absolute atomic E-state index is 0.814. The van der Waals surface area contributed by atoms with E-state index >= 15 is 0 Å². The average molecular weight is 236 g/mol. The van der Waals surface area contributed by atoms with Gasteiger partial charge in [0.2, 0.25) is 0 Å². The molecule has 0 bridgehead atoms. The largest absolute Gasteiger partial charge is 0.312 e. The van der Waals surface area contributed by atoms with Gasteiger partial charge in [0.25, 0.3) is 0 Å². The van der Waals surface area contributed by atoms with Crippen LogP contribution in [-0.4, -0.2) is 37.1 Å². The number of rotatable bonds is 3. The summed E-state index contributed by atoms with van der Waals surface area (Å²) in [7, 11) is 0. The lowest BCUT2D eigenvalue weighted by Crippen LogP contribution is -2.41. The molecule has 3 atom stereocenters. The van der Waals surface area contributed by atoms with Crippen molar-refractivity contribution in [2.45, 2.75) is 51.5 Å². The van der Waals surface area contributed by atoms with Crippen molar-refractivity contribution in [3.8, 4) is 0 Å². The highest BCUT2D eigenvalue weighted by Crippen LogP contribution is 2.35. The van der Waals surface area contributed by atoms with Crippen LogP contribution in [0, 0.1) is 17.8 Å². The molecule has 2 heteroatoms. The quantitative estimate of drug-likeness (QED) is 0.810. The first-order valence-corrected chi connectivity index (χ1v) is 7.78. The summed E-state index contributed by atoms with van der Waals surface area (Å²) >= 11 is 0. The van der Waals surface area contributed by atoms with Crippen LogP contribution in [-0.2, 0) is 0 Å². The average Bonchev–Trinajstić information content (AvgIpc) is 3.09. The van der Waals surface area contributed by atoms with Gasteiger partial charge < -0.3 is 10.2 Å². The van der Waals surface area contributed by atoms with Gasteiger partial charge in [-0.05, 0) is 56.5 Å². The molecule has 1 saturated heterocycles. The van der Waals surface area contributed by atoms with Crippen molar-refractivity contribution in [1.29, 1.82) is 0 Å². The zero-order valence-corrected chi connectivity index (χ0v) is 11.3. The van der Waals surface area contributed by atoms with Crippen molar-refractivity contribution >= 4 is 0 Å². The zero-order chi connectivity index (χ0) is 11.7. The standard InChI is InChI=1S/C15H28N2/c1-12-4-2-5-14(12)10-17-9-3-8-16-15(11-17)13-6-7-13/h12-16H,2-11H2,1H3. The van der Waals surface area contributed by atoms with Crippen LogP contribution in [0.5, 0.6) is 0 Å². The van der Waals surface area contributed by atoms with Crippen LogP contribution in [0.2, 0.25) is 0 Å². The Morgan fingerprint density at radius 3 is 2.71 bits per heavy atom. The number of hydrogen-bond acceptors (Lipinski definition) is 2. The fourth-order valence-electron chi connectivity index (χ4n) is 3.83. The maximum absolute atomic E-state index is 3.77. The Kier molecular flexibility index (Phi) is 3.72. The molecule has 3 unspecified atom stereocenters.